The van der Waals surface area contributed by atoms with Crippen LogP contribution < -0.4 is 43.8 Å². The standard InChI is InChI=1S/C8H9ClN2O3.C8H10N2O3.C7H8N2O3.Na.H2O/c1-4-5(8(12)14-3)11-6(9)7(10-4)13-2;1-5-7(8(11)13-3)9-4-6(10-5)12-2;1-4-6(7(10)11)8-3-5(9-4)12-2;;/h1-3H3;4H,1-3H3;3H,1-2H3,(H,10,11);;1H2/q;;;+1;/p-1. The first-order chi connectivity index (χ1) is 18.4. The van der Waals surface area contributed by atoms with Crippen molar-refractivity contribution < 1.29 is 78.2 Å². The van der Waals surface area contributed by atoms with E-state index in [1.807, 2.05) is 0 Å². The molecule has 0 bridgehead atoms. The Kier molecular flexibility index (Phi) is 18.7. The molecule has 3 aromatic heterocycles. The number of halogens is 1. The molecule has 0 amide bonds. The van der Waals surface area contributed by atoms with Crippen molar-refractivity contribution in [3.63, 3.8) is 0 Å². The number of hydrogen-bond acceptors (Lipinski definition) is 15. The molecule has 0 aliphatic rings. The predicted octanol–water partition coefficient (Wildman–Crippen LogP) is -0.867. The number of carboxylic acid groups (broad SMARTS) is 1. The number of rotatable bonds is 6. The van der Waals surface area contributed by atoms with E-state index in [1.165, 1.54) is 47.9 Å². The molecule has 0 saturated carbocycles. The summed E-state index contributed by atoms with van der Waals surface area (Å²) in [4.78, 5) is 55.8. The summed E-state index contributed by atoms with van der Waals surface area (Å²) in [5.41, 5.74) is 1.52. The largest absolute Gasteiger partial charge is 1.00 e. The van der Waals surface area contributed by atoms with E-state index < -0.39 is 17.9 Å². The van der Waals surface area contributed by atoms with Gasteiger partial charge >= 0.3 is 47.5 Å². The van der Waals surface area contributed by atoms with Gasteiger partial charge < -0.3 is 34.3 Å². The van der Waals surface area contributed by atoms with Gasteiger partial charge in [-0.15, -0.1) is 0 Å². The molecule has 0 aromatic carbocycles. The van der Waals surface area contributed by atoms with Crippen molar-refractivity contribution in [1.29, 1.82) is 0 Å². The fourth-order valence-electron chi connectivity index (χ4n) is 2.52. The molecule has 218 valence electrons. The second kappa shape index (κ2) is 19.4. The average molecular weight is 607 g/mol. The van der Waals surface area contributed by atoms with Gasteiger partial charge in [0.2, 0.25) is 11.8 Å². The van der Waals surface area contributed by atoms with Gasteiger partial charge in [0.25, 0.3) is 5.88 Å². The van der Waals surface area contributed by atoms with Gasteiger partial charge in [-0.25, -0.2) is 44.3 Å². The fraction of sp³-hybridized carbons (Fsp3) is 0.348. The summed E-state index contributed by atoms with van der Waals surface area (Å²) in [6, 6.07) is 0. The van der Waals surface area contributed by atoms with Crippen LogP contribution in [0.5, 0.6) is 17.6 Å². The first-order valence-corrected chi connectivity index (χ1v) is 11.0. The minimum Gasteiger partial charge on any atom is -0.870 e. The molecule has 0 saturated heterocycles. The van der Waals surface area contributed by atoms with E-state index >= 15 is 0 Å². The zero-order chi connectivity index (χ0) is 29.7. The summed E-state index contributed by atoms with van der Waals surface area (Å²) < 4.78 is 23.5. The molecule has 0 spiro atoms. The fourth-order valence-corrected chi connectivity index (χ4v) is 2.73. The van der Waals surface area contributed by atoms with Gasteiger partial charge in [0.15, 0.2) is 22.2 Å². The minimum atomic E-state index is -1.08. The smallest absolute Gasteiger partial charge is 0.870 e. The molecule has 18 heteroatoms. The molecular formula is C23H28ClN6NaO10. The monoisotopic (exact) mass is 606 g/mol. The van der Waals surface area contributed by atoms with Gasteiger partial charge in [-0.1, -0.05) is 11.6 Å². The number of nitrogens with zero attached hydrogens (tertiary/aromatic N) is 6. The van der Waals surface area contributed by atoms with Crippen LogP contribution in [-0.2, 0) is 9.47 Å². The number of carbonyl (C=O) groups is 3. The number of aromatic nitrogens is 6. The zero-order valence-corrected chi connectivity index (χ0v) is 26.6. The van der Waals surface area contributed by atoms with Crippen molar-refractivity contribution in [1.82, 2.24) is 29.9 Å². The first kappa shape index (κ1) is 39.4. The number of ether oxygens (including phenoxy) is 5. The molecule has 41 heavy (non-hydrogen) atoms. The third kappa shape index (κ3) is 11.7. The van der Waals surface area contributed by atoms with Crippen LogP contribution >= 0.6 is 11.6 Å². The minimum absolute atomic E-state index is 0. The maximum absolute atomic E-state index is 11.2. The van der Waals surface area contributed by atoms with E-state index in [2.05, 4.69) is 39.4 Å². The Morgan fingerprint density at radius 1 is 0.683 bits per heavy atom. The van der Waals surface area contributed by atoms with Gasteiger partial charge in [0, 0.05) is 0 Å². The Morgan fingerprint density at radius 2 is 1.10 bits per heavy atom. The van der Waals surface area contributed by atoms with E-state index in [1.54, 1.807) is 20.8 Å². The maximum Gasteiger partial charge on any atom is 1.00 e. The number of methoxy groups -OCH3 is 5. The molecule has 0 aliphatic carbocycles. The zero-order valence-electron chi connectivity index (χ0n) is 23.9. The average Bonchev–Trinajstić information content (AvgIpc) is 2.93. The molecule has 16 nitrogen and oxygen atoms in total. The number of carbonyl (C=O) groups excluding carboxylic acids is 2. The van der Waals surface area contributed by atoms with E-state index in [4.69, 9.17) is 30.9 Å². The van der Waals surface area contributed by atoms with Crippen LogP contribution in [0, 0.1) is 20.8 Å². The summed E-state index contributed by atoms with van der Waals surface area (Å²) in [5, 5.41) is 8.63. The Morgan fingerprint density at radius 3 is 1.46 bits per heavy atom. The van der Waals surface area contributed by atoms with Gasteiger partial charge in [-0.2, -0.15) is 0 Å². The van der Waals surface area contributed by atoms with E-state index in [0.717, 1.165) is 0 Å². The predicted molar refractivity (Wildman–Crippen MR) is 137 cm³/mol. The number of esters is 2. The molecule has 0 aliphatic heterocycles. The molecule has 0 fully saturated rings. The Bertz CT molecular complexity index is 1330. The van der Waals surface area contributed by atoms with Crippen LogP contribution in [0.2, 0.25) is 5.15 Å². The van der Waals surface area contributed by atoms with Crippen LogP contribution in [0.25, 0.3) is 0 Å². The topological polar surface area (TPSA) is 225 Å². The van der Waals surface area contributed by atoms with Crippen LogP contribution in [-0.4, -0.2) is 93.9 Å². The molecular weight excluding hydrogens is 579 g/mol. The van der Waals surface area contributed by atoms with Gasteiger partial charge in [-0.3, -0.25) is 0 Å². The van der Waals surface area contributed by atoms with Crippen LogP contribution in [0.4, 0.5) is 0 Å². The molecule has 3 rings (SSSR count). The summed E-state index contributed by atoms with van der Waals surface area (Å²) in [6.45, 7) is 4.86. The first-order valence-electron chi connectivity index (χ1n) is 10.7. The third-order valence-electron chi connectivity index (χ3n) is 4.42. The molecule has 3 aromatic rings. The summed E-state index contributed by atoms with van der Waals surface area (Å²) in [5.74, 6) is -1.26. The third-order valence-corrected chi connectivity index (χ3v) is 4.67. The quantitative estimate of drug-likeness (QED) is 0.266. The van der Waals surface area contributed by atoms with Crippen LogP contribution in [0.15, 0.2) is 12.4 Å². The molecule has 0 unspecified atom stereocenters. The van der Waals surface area contributed by atoms with Gasteiger partial charge in [-0.05, 0) is 20.8 Å². The van der Waals surface area contributed by atoms with Crippen molar-refractivity contribution in [2.24, 2.45) is 0 Å². The number of aromatic carboxylic acids is 1. The van der Waals surface area contributed by atoms with Gasteiger partial charge in [0.1, 0.15) is 0 Å². The maximum atomic E-state index is 11.2. The van der Waals surface area contributed by atoms with Crippen molar-refractivity contribution >= 4 is 29.5 Å². The number of aryl methyl sites for hydroxylation is 3. The number of carboxylic acids is 1. The Balaban J connectivity index is 0. The summed E-state index contributed by atoms with van der Waals surface area (Å²) in [7, 11) is 6.92. The van der Waals surface area contributed by atoms with E-state index in [0.29, 0.717) is 28.8 Å². The van der Waals surface area contributed by atoms with E-state index in [9.17, 15) is 14.4 Å². The Hall–Kier alpha value is -3.70. The normalized spacial score (nSPS) is 9.10. The van der Waals surface area contributed by atoms with Crippen LogP contribution in [0.1, 0.15) is 48.5 Å². The van der Waals surface area contributed by atoms with Gasteiger partial charge in [0.05, 0.1) is 65.0 Å². The SMILES string of the molecule is COC(=O)c1nc(Cl)c(OC)nc1C.COC(=O)c1ncc(OC)nc1C.COc1cnc(C(=O)O)c(C)n1.[Na+].[OH-]. The van der Waals surface area contributed by atoms with Crippen molar-refractivity contribution in [3.8, 4) is 17.6 Å². The molecule has 0 radical (unpaired) electrons. The molecule has 3 heterocycles. The summed E-state index contributed by atoms with van der Waals surface area (Å²) >= 11 is 5.70. The Labute approximate surface area is 262 Å². The van der Waals surface area contributed by atoms with Crippen LogP contribution in [0.3, 0.4) is 0 Å². The second-order valence-corrected chi connectivity index (χ2v) is 7.30. The van der Waals surface area contributed by atoms with E-state index in [-0.39, 0.29) is 63.1 Å². The van der Waals surface area contributed by atoms with Crippen molar-refractivity contribution in [2.45, 2.75) is 20.8 Å². The van der Waals surface area contributed by atoms with Crippen molar-refractivity contribution in [3.05, 3.63) is 51.7 Å². The molecule has 2 N–H and O–H groups in total. The molecule has 0 atom stereocenters. The van der Waals surface area contributed by atoms with Crippen molar-refractivity contribution in [2.75, 3.05) is 35.5 Å². The number of hydrogen-bond donors (Lipinski definition) is 1. The summed E-state index contributed by atoms with van der Waals surface area (Å²) in [6.07, 6.45) is 2.65. The second-order valence-electron chi connectivity index (χ2n) is 6.94.